The molecule has 1 unspecified atom stereocenters. The molecule has 0 radical (unpaired) electrons. The van der Waals surface area contributed by atoms with Gasteiger partial charge in [-0.3, -0.25) is 4.79 Å². The largest absolute Gasteiger partial charge is 0.497 e. The van der Waals surface area contributed by atoms with Crippen LogP contribution in [0.2, 0.25) is 0 Å². The van der Waals surface area contributed by atoms with Crippen molar-refractivity contribution in [1.82, 2.24) is 5.32 Å². The maximum absolute atomic E-state index is 12.5. The van der Waals surface area contributed by atoms with Gasteiger partial charge in [-0.25, -0.2) is 0 Å². The van der Waals surface area contributed by atoms with E-state index < -0.39 is 0 Å². The van der Waals surface area contributed by atoms with Gasteiger partial charge in [0, 0.05) is 6.42 Å². The van der Waals surface area contributed by atoms with E-state index in [0.29, 0.717) is 25.4 Å². The Morgan fingerprint density at radius 2 is 1.77 bits per heavy atom. The molecule has 2 aromatic carbocycles. The number of para-hydroxylation sites is 1. The fourth-order valence-corrected chi connectivity index (χ4v) is 2.95. The summed E-state index contributed by atoms with van der Waals surface area (Å²) in [6, 6.07) is 15.7. The van der Waals surface area contributed by atoms with Crippen LogP contribution in [0.25, 0.3) is 0 Å². The molecule has 0 aromatic heterocycles. The van der Waals surface area contributed by atoms with Crippen LogP contribution >= 0.6 is 0 Å². The Morgan fingerprint density at radius 3 is 2.38 bits per heavy atom. The minimum atomic E-state index is -0.0180. The molecule has 2 rings (SSSR count). The first-order valence-electron chi connectivity index (χ1n) is 9.19. The van der Waals surface area contributed by atoms with Crippen LogP contribution in [0.3, 0.4) is 0 Å². The fourth-order valence-electron chi connectivity index (χ4n) is 2.95. The summed E-state index contributed by atoms with van der Waals surface area (Å²) in [7, 11) is 1.65. The number of methoxy groups -OCH3 is 1. The Labute approximate surface area is 156 Å². The zero-order valence-electron chi connectivity index (χ0n) is 16.1. The first kappa shape index (κ1) is 19.8. The SMILES string of the molecule is CCOc1ccccc1CCC(=O)NC(c1ccc(OC)cc1)C(C)C. The lowest BCUT2D eigenvalue weighted by molar-refractivity contribution is -0.122. The second kappa shape index (κ2) is 9.85. The highest BCUT2D eigenvalue weighted by atomic mass is 16.5. The van der Waals surface area contributed by atoms with Crippen LogP contribution in [0.5, 0.6) is 11.5 Å². The molecule has 0 spiro atoms. The molecule has 0 aliphatic heterocycles. The number of nitrogens with one attached hydrogen (secondary N) is 1. The molecule has 2 aromatic rings. The van der Waals surface area contributed by atoms with Crippen molar-refractivity contribution in [3.8, 4) is 11.5 Å². The quantitative estimate of drug-likeness (QED) is 0.718. The third kappa shape index (κ3) is 5.51. The first-order chi connectivity index (χ1) is 12.5. The molecule has 1 atom stereocenters. The number of carbonyl (C=O) groups excluding carboxylic acids is 1. The molecular formula is C22H29NO3. The molecule has 0 saturated heterocycles. The molecule has 26 heavy (non-hydrogen) atoms. The Balaban J connectivity index is 1.99. The van der Waals surface area contributed by atoms with E-state index in [-0.39, 0.29) is 11.9 Å². The molecule has 4 heteroatoms. The van der Waals surface area contributed by atoms with Crippen LogP contribution < -0.4 is 14.8 Å². The van der Waals surface area contributed by atoms with E-state index in [0.717, 1.165) is 22.6 Å². The summed E-state index contributed by atoms with van der Waals surface area (Å²) in [5.74, 6) is 2.02. The summed E-state index contributed by atoms with van der Waals surface area (Å²) < 4.78 is 10.8. The number of hydrogen-bond acceptors (Lipinski definition) is 3. The monoisotopic (exact) mass is 355 g/mol. The summed E-state index contributed by atoms with van der Waals surface area (Å²) in [6.45, 7) is 6.81. The van der Waals surface area contributed by atoms with Crippen molar-refractivity contribution in [3.63, 3.8) is 0 Å². The Kier molecular flexibility index (Phi) is 7.52. The normalized spacial score (nSPS) is 11.9. The summed E-state index contributed by atoms with van der Waals surface area (Å²) in [4.78, 5) is 12.5. The molecule has 1 N–H and O–H groups in total. The predicted octanol–water partition coefficient (Wildman–Crippen LogP) is 4.54. The minimum absolute atomic E-state index is 0.0180. The van der Waals surface area contributed by atoms with Crippen LogP contribution in [0.1, 0.15) is 44.4 Å². The average Bonchev–Trinajstić information content (AvgIpc) is 2.65. The molecule has 4 nitrogen and oxygen atoms in total. The van der Waals surface area contributed by atoms with Gasteiger partial charge in [0.05, 0.1) is 19.8 Å². The smallest absolute Gasteiger partial charge is 0.220 e. The van der Waals surface area contributed by atoms with Gasteiger partial charge in [0.1, 0.15) is 11.5 Å². The highest BCUT2D eigenvalue weighted by Gasteiger charge is 2.18. The van der Waals surface area contributed by atoms with Gasteiger partial charge < -0.3 is 14.8 Å². The summed E-state index contributed by atoms with van der Waals surface area (Å²) in [5, 5.41) is 3.17. The zero-order valence-corrected chi connectivity index (χ0v) is 16.1. The van der Waals surface area contributed by atoms with Crippen molar-refractivity contribution in [2.45, 2.75) is 39.7 Å². The lowest BCUT2D eigenvalue weighted by Gasteiger charge is -2.23. The molecule has 0 saturated carbocycles. The van der Waals surface area contributed by atoms with Crippen molar-refractivity contribution >= 4 is 5.91 Å². The average molecular weight is 355 g/mol. The van der Waals surface area contributed by atoms with Crippen LogP contribution in [-0.4, -0.2) is 19.6 Å². The van der Waals surface area contributed by atoms with Crippen molar-refractivity contribution in [3.05, 3.63) is 59.7 Å². The number of rotatable bonds is 9. The van der Waals surface area contributed by atoms with Crippen LogP contribution in [0.15, 0.2) is 48.5 Å². The summed E-state index contributed by atoms with van der Waals surface area (Å²) in [5.41, 5.74) is 2.15. The molecule has 0 fully saturated rings. The summed E-state index contributed by atoms with van der Waals surface area (Å²) in [6.07, 6.45) is 1.10. The lowest BCUT2D eigenvalue weighted by Crippen LogP contribution is -2.31. The van der Waals surface area contributed by atoms with E-state index >= 15 is 0 Å². The van der Waals surface area contributed by atoms with Gasteiger partial charge in [0.25, 0.3) is 0 Å². The van der Waals surface area contributed by atoms with Gasteiger partial charge in [-0.05, 0) is 48.6 Å². The lowest BCUT2D eigenvalue weighted by atomic mass is 9.95. The Morgan fingerprint density at radius 1 is 1.08 bits per heavy atom. The number of carbonyl (C=O) groups is 1. The van der Waals surface area contributed by atoms with E-state index in [4.69, 9.17) is 9.47 Å². The topological polar surface area (TPSA) is 47.6 Å². The molecule has 0 aliphatic carbocycles. The summed E-state index contributed by atoms with van der Waals surface area (Å²) >= 11 is 0. The number of benzene rings is 2. The zero-order chi connectivity index (χ0) is 18.9. The first-order valence-corrected chi connectivity index (χ1v) is 9.19. The van der Waals surface area contributed by atoms with Gasteiger partial charge in [-0.2, -0.15) is 0 Å². The Bertz CT molecular complexity index is 695. The second-order valence-corrected chi connectivity index (χ2v) is 6.60. The maximum atomic E-state index is 12.5. The molecule has 0 heterocycles. The highest BCUT2D eigenvalue weighted by Crippen LogP contribution is 2.24. The van der Waals surface area contributed by atoms with Crippen molar-refractivity contribution in [2.75, 3.05) is 13.7 Å². The maximum Gasteiger partial charge on any atom is 0.220 e. The van der Waals surface area contributed by atoms with Gasteiger partial charge in [-0.1, -0.05) is 44.2 Å². The van der Waals surface area contributed by atoms with Crippen LogP contribution in [0.4, 0.5) is 0 Å². The number of hydrogen-bond donors (Lipinski definition) is 1. The van der Waals surface area contributed by atoms with Gasteiger partial charge in [0.2, 0.25) is 5.91 Å². The third-order valence-electron chi connectivity index (χ3n) is 4.35. The van der Waals surface area contributed by atoms with Crippen molar-refractivity contribution in [2.24, 2.45) is 5.92 Å². The molecule has 0 aliphatic rings. The van der Waals surface area contributed by atoms with E-state index in [1.54, 1.807) is 7.11 Å². The second-order valence-electron chi connectivity index (χ2n) is 6.60. The van der Waals surface area contributed by atoms with E-state index in [1.807, 2.05) is 55.5 Å². The van der Waals surface area contributed by atoms with Crippen LogP contribution in [-0.2, 0) is 11.2 Å². The molecule has 140 valence electrons. The van der Waals surface area contributed by atoms with E-state index in [1.165, 1.54) is 0 Å². The minimum Gasteiger partial charge on any atom is -0.497 e. The van der Waals surface area contributed by atoms with E-state index in [9.17, 15) is 4.79 Å². The molecule has 0 bridgehead atoms. The predicted molar refractivity (Wildman–Crippen MR) is 105 cm³/mol. The number of ether oxygens (including phenoxy) is 2. The number of amides is 1. The van der Waals surface area contributed by atoms with Gasteiger partial charge in [0.15, 0.2) is 0 Å². The van der Waals surface area contributed by atoms with Crippen LogP contribution in [0, 0.1) is 5.92 Å². The van der Waals surface area contributed by atoms with Crippen molar-refractivity contribution < 1.29 is 14.3 Å². The highest BCUT2D eigenvalue weighted by molar-refractivity contribution is 5.76. The van der Waals surface area contributed by atoms with E-state index in [2.05, 4.69) is 19.2 Å². The van der Waals surface area contributed by atoms with Crippen molar-refractivity contribution in [1.29, 1.82) is 0 Å². The fraction of sp³-hybridized carbons (Fsp3) is 0.409. The molecule has 1 amide bonds. The van der Waals surface area contributed by atoms with Gasteiger partial charge >= 0.3 is 0 Å². The van der Waals surface area contributed by atoms with Gasteiger partial charge in [-0.15, -0.1) is 0 Å². The third-order valence-corrected chi connectivity index (χ3v) is 4.35. The number of aryl methyl sites for hydroxylation is 1. The molecular weight excluding hydrogens is 326 g/mol. The Hall–Kier alpha value is -2.49. The standard InChI is InChI=1S/C22H29NO3/c1-5-26-20-9-7-6-8-17(20)12-15-21(24)23-22(16(2)3)18-10-13-19(25-4)14-11-18/h6-11,13-14,16,22H,5,12,15H2,1-4H3,(H,23,24).